The van der Waals surface area contributed by atoms with Gasteiger partial charge in [-0.15, -0.1) is 0 Å². The van der Waals surface area contributed by atoms with Gasteiger partial charge in [0.25, 0.3) is 0 Å². The van der Waals surface area contributed by atoms with E-state index in [4.69, 9.17) is 4.74 Å². The van der Waals surface area contributed by atoms with Gasteiger partial charge in [0.15, 0.2) is 0 Å². The maximum Gasteiger partial charge on any atom is 0.305 e. The van der Waals surface area contributed by atoms with Gasteiger partial charge in [-0.3, -0.25) is 4.79 Å². The molecule has 0 aliphatic carbocycles. The number of nitrogens with one attached hydrogen (secondary N) is 1. The number of rotatable bonds is 7. The molecule has 6 nitrogen and oxygen atoms in total. The van der Waals surface area contributed by atoms with Crippen LogP contribution < -0.4 is 4.72 Å². The van der Waals surface area contributed by atoms with Crippen LogP contribution in [0, 0.1) is 5.92 Å². The fourth-order valence-corrected chi connectivity index (χ4v) is 3.56. The molecule has 0 spiro atoms. The fourth-order valence-electron chi connectivity index (χ4n) is 2.16. The summed E-state index contributed by atoms with van der Waals surface area (Å²) in [6.45, 7) is 3.27. The molecule has 1 unspecified atom stereocenters. The van der Waals surface area contributed by atoms with E-state index in [9.17, 15) is 13.2 Å². The van der Waals surface area contributed by atoms with Crippen molar-refractivity contribution in [3.63, 3.8) is 0 Å². The Morgan fingerprint density at radius 3 is 2.63 bits per heavy atom. The second kappa shape index (κ2) is 7.81. The number of hydrogen-bond acceptors (Lipinski definition) is 5. The van der Waals surface area contributed by atoms with Crippen molar-refractivity contribution < 1.29 is 22.7 Å². The number of esters is 1. The summed E-state index contributed by atoms with van der Waals surface area (Å²) < 4.78 is 36.1. The van der Waals surface area contributed by atoms with Gasteiger partial charge < -0.3 is 9.47 Å². The van der Waals surface area contributed by atoms with Gasteiger partial charge in [0.2, 0.25) is 10.0 Å². The van der Waals surface area contributed by atoms with Crippen LogP contribution in [0.5, 0.6) is 0 Å². The van der Waals surface area contributed by atoms with Crippen molar-refractivity contribution in [2.24, 2.45) is 5.92 Å². The van der Waals surface area contributed by atoms with Crippen molar-refractivity contribution in [1.82, 2.24) is 4.72 Å². The molecule has 1 atom stereocenters. The van der Waals surface area contributed by atoms with Gasteiger partial charge >= 0.3 is 5.97 Å². The molecule has 0 aromatic carbocycles. The molecular weight excluding hydrogens is 270 g/mol. The summed E-state index contributed by atoms with van der Waals surface area (Å²) in [5.74, 6) is -0.104. The third-order valence-electron chi connectivity index (χ3n) is 3.36. The first-order valence-electron chi connectivity index (χ1n) is 6.59. The first-order chi connectivity index (χ1) is 8.94. The zero-order valence-corrected chi connectivity index (χ0v) is 12.4. The predicted octanol–water partition coefficient (Wildman–Crippen LogP) is 0.674. The molecular formula is C12H23NO5S. The monoisotopic (exact) mass is 293 g/mol. The van der Waals surface area contributed by atoms with Crippen LogP contribution in [0.4, 0.5) is 0 Å². The average Bonchev–Trinajstić information content (AvgIpc) is 2.38. The Balaban J connectivity index is 2.34. The van der Waals surface area contributed by atoms with Gasteiger partial charge in [-0.2, -0.15) is 0 Å². The van der Waals surface area contributed by atoms with Crippen LogP contribution in [0.2, 0.25) is 0 Å². The van der Waals surface area contributed by atoms with Crippen LogP contribution in [0.15, 0.2) is 0 Å². The van der Waals surface area contributed by atoms with E-state index >= 15 is 0 Å². The summed E-state index contributed by atoms with van der Waals surface area (Å²) >= 11 is 0. The number of hydrogen-bond donors (Lipinski definition) is 1. The SMILES string of the molecule is COC(=O)CCCS(=O)(=O)NC(C)C1CCOCC1. The van der Waals surface area contributed by atoms with Crippen LogP contribution in [0.1, 0.15) is 32.6 Å². The largest absolute Gasteiger partial charge is 0.469 e. The topological polar surface area (TPSA) is 81.7 Å². The molecule has 0 bridgehead atoms. The van der Waals surface area contributed by atoms with Crippen molar-refractivity contribution in [2.75, 3.05) is 26.1 Å². The summed E-state index contributed by atoms with van der Waals surface area (Å²) in [5.41, 5.74) is 0. The van der Waals surface area contributed by atoms with E-state index in [1.165, 1.54) is 7.11 Å². The van der Waals surface area contributed by atoms with Gasteiger partial charge in [0.05, 0.1) is 12.9 Å². The highest BCUT2D eigenvalue weighted by atomic mass is 32.2. The predicted molar refractivity (Wildman–Crippen MR) is 71.2 cm³/mol. The Morgan fingerprint density at radius 1 is 1.42 bits per heavy atom. The highest BCUT2D eigenvalue weighted by Gasteiger charge is 2.24. The van der Waals surface area contributed by atoms with E-state index in [1.807, 2.05) is 6.92 Å². The average molecular weight is 293 g/mol. The lowest BCUT2D eigenvalue weighted by molar-refractivity contribution is -0.140. The highest BCUT2D eigenvalue weighted by molar-refractivity contribution is 7.89. The fraction of sp³-hybridized carbons (Fsp3) is 0.917. The second-order valence-corrected chi connectivity index (χ2v) is 6.73. The van der Waals surface area contributed by atoms with Crippen molar-refractivity contribution >= 4 is 16.0 Å². The Labute approximate surface area is 114 Å². The van der Waals surface area contributed by atoms with Crippen LogP contribution in [-0.2, 0) is 24.3 Å². The molecule has 0 radical (unpaired) electrons. The van der Waals surface area contributed by atoms with Gasteiger partial charge in [0, 0.05) is 25.7 Å². The highest BCUT2D eigenvalue weighted by Crippen LogP contribution is 2.19. The minimum absolute atomic E-state index is 0.0460. The van der Waals surface area contributed by atoms with Gasteiger partial charge in [0.1, 0.15) is 0 Å². The van der Waals surface area contributed by atoms with E-state index in [0.29, 0.717) is 19.1 Å². The molecule has 1 rings (SSSR count). The molecule has 112 valence electrons. The molecule has 1 aliphatic rings. The van der Waals surface area contributed by atoms with Crippen LogP contribution >= 0.6 is 0 Å². The minimum atomic E-state index is -3.33. The molecule has 0 aromatic rings. The van der Waals surface area contributed by atoms with Crippen LogP contribution in [0.25, 0.3) is 0 Å². The summed E-state index contributed by atoms with van der Waals surface area (Å²) in [4.78, 5) is 10.9. The Hall–Kier alpha value is -0.660. The lowest BCUT2D eigenvalue weighted by atomic mass is 9.94. The zero-order valence-electron chi connectivity index (χ0n) is 11.6. The molecule has 0 aromatic heterocycles. The summed E-state index contributed by atoms with van der Waals surface area (Å²) in [5, 5.41) is 0. The molecule has 0 saturated carbocycles. The van der Waals surface area contributed by atoms with Gasteiger partial charge in [-0.25, -0.2) is 13.1 Å². The molecule has 7 heteroatoms. The molecule has 1 aliphatic heterocycles. The van der Waals surface area contributed by atoms with Crippen molar-refractivity contribution in [1.29, 1.82) is 0 Å². The maximum absolute atomic E-state index is 11.9. The minimum Gasteiger partial charge on any atom is -0.469 e. The summed E-state index contributed by atoms with van der Waals surface area (Å²) in [7, 11) is -2.04. The number of methoxy groups -OCH3 is 1. The van der Waals surface area contributed by atoms with E-state index in [2.05, 4.69) is 9.46 Å². The standard InChI is InChI=1S/C12H23NO5S/c1-10(11-5-7-18-8-6-11)13-19(15,16)9-3-4-12(14)17-2/h10-11,13H,3-9H2,1-2H3. The lowest BCUT2D eigenvalue weighted by Crippen LogP contribution is -2.41. The quantitative estimate of drug-likeness (QED) is 0.698. The number of carbonyl (C=O) groups excluding carboxylic acids is 1. The zero-order chi connectivity index (χ0) is 14.3. The van der Waals surface area contributed by atoms with Gasteiger partial charge in [-0.1, -0.05) is 0 Å². The number of sulfonamides is 1. The third kappa shape index (κ3) is 6.35. The normalized spacial score (nSPS) is 19.1. The maximum atomic E-state index is 11.9. The van der Waals surface area contributed by atoms with Crippen LogP contribution in [-0.4, -0.2) is 46.5 Å². The smallest absolute Gasteiger partial charge is 0.305 e. The second-order valence-electron chi connectivity index (χ2n) is 4.85. The van der Waals surface area contributed by atoms with Crippen molar-refractivity contribution in [3.05, 3.63) is 0 Å². The number of ether oxygens (including phenoxy) is 2. The molecule has 1 fully saturated rings. The van der Waals surface area contributed by atoms with E-state index in [1.54, 1.807) is 0 Å². The first-order valence-corrected chi connectivity index (χ1v) is 8.24. The Morgan fingerprint density at radius 2 is 2.05 bits per heavy atom. The molecule has 1 saturated heterocycles. The van der Waals surface area contributed by atoms with Gasteiger partial charge in [-0.05, 0) is 32.1 Å². The lowest BCUT2D eigenvalue weighted by Gasteiger charge is -2.28. The number of carbonyl (C=O) groups is 1. The molecule has 19 heavy (non-hydrogen) atoms. The van der Waals surface area contributed by atoms with E-state index < -0.39 is 10.0 Å². The Kier molecular flexibility index (Phi) is 6.74. The molecule has 1 heterocycles. The van der Waals surface area contributed by atoms with Crippen molar-refractivity contribution in [2.45, 2.75) is 38.6 Å². The first kappa shape index (κ1) is 16.4. The Bertz CT molecular complexity index is 376. The summed E-state index contributed by atoms with van der Waals surface area (Å²) in [6.07, 6.45) is 2.17. The summed E-state index contributed by atoms with van der Waals surface area (Å²) in [6, 6.07) is -0.0907. The molecule has 1 N–H and O–H groups in total. The van der Waals surface area contributed by atoms with Crippen molar-refractivity contribution in [3.8, 4) is 0 Å². The van der Waals surface area contributed by atoms with Crippen LogP contribution in [0.3, 0.4) is 0 Å². The third-order valence-corrected chi connectivity index (χ3v) is 4.92. The molecule has 0 amide bonds. The van der Waals surface area contributed by atoms with E-state index in [-0.39, 0.29) is 30.6 Å². The van der Waals surface area contributed by atoms with E-state index in [0.717, 1.165) is 12.8 Å².